The molecule has 0 N–H and O–H groups in total. The highest BCUT2D eigenvalue weighted by Crippen LogP contribution is 2.36. The standard InChI is InChI=1S/C21H22N2O5S2/c1-26-15-6-4-5-14(11-15)21-22-17-9-10-23(13-20(17)29-21)30(24,25)16-7-8-18(27-2)19(12-16)28-3/h4-8,11-12H,9-10,13H2,1-3H3. The number of ether oxygens (including phenoxy) is 3. The van der Waals surface area contributed by atoms with E-state index in [0.717, 1.165) is 26.9 Å². The Morgan fingerprint density at radius 2 is 1.80 bits per heavy atom. The third-order valence-corrected chi connectivity index (χ3v) is 7.98. The lowest BCUT2D eigenvalue weighted by Crippen LogP contribution is -2.35. The fourth-order valence-electron chi connectivity index (χ4n) is 3.38. The number of benzene rings is 2. The summed E-state index contributed by atoms with van der Waals surface area (Å²) >= 11 is 1.52. The van der Waals surface area contributed by atoms with Crippen LogP contribution in [0.3, 0.4) is 0 Å². The fraction of sp³-hybridized carbons (Fsp3) is 0.286. The van der Waals surface area contributed by atoms with E-state index in [1.165, 1.54) is 35.9 Å². The number of methoxy groups -OCH3 is 3. The number of aromatic nitrogens is 1. The highest BCUT2D eigenvalue weighted by molar-refractivity contribution is 7.89. The van der Waals surface area contributed by atoms with Gasteiger partial charge < -0.3 is 14.2 Å². The van der Waals surface area contributed by atoms with Crippen LogP contribution in [0, 0.1) is 0 Å². The molecule has 0 saturated heterocycles. The summed E-state index contributed by atoms with van der Waals surface area (Å²) in [7, 11) is 0.957. The van der Waals surface area contributed by atoms with Crippen molar-refractivity contribution in [3.05, 3.63) is 53.0 Å². The first-order chi connectivity index (χ1) is 14.5. The van der Waals surface area contributed by atoms with E-state index in [9.17, 15) is 8.42 Å². The zero-order valence-corrected chi connectivity index (χ0v) is 18.5. The molecule has 0 amide bonds. The molecule has 9 heteroatoms. The normalized spacial score (nSPS) is 14.2. The number of thiazole rings is 1. The summed E-state index contributed by atoms with van der Waals surface area (Å²) in [5.74, 6) is 1.63. The minimum atomic E-state index is -3.67. The molecule has 0 fully saturated rings. The van der Waals surface area contributed by atoms with Crippen LogP contribution in [-0.2, 0) is 23.0 Å². The Labute approximate surface area is 179 Å². The molecule has 1 aliphatic heterocycles. The van der Waals surface area contributed by atoms with Crippen LogP contribution >= 0.6 is 11.3 Å². The van der Waals surface area contributed by atoms with Crippen LogP contribution in [0.4, 0.5) is 0 Å². The molecule has 2 aromatic carbocycles. The Balaban J connectivity index is 1.62. The smallest absolute Gasteiger partial charge is 0.243 e. The Hall–Kier alpha value is -2.62. The van der Waals surface area contributed by atoms with Crippen molar-refractivity contribution in [2.75, 3.05) is 27.9 Å². The molecule has 0 unspecified atom stereocenters. The van der Waals surface area contributed by atoms with E-state index in [1.807, 2.05) is 24.3 Å². The number of hydrogen-bond acceptors (Lipinski definition) is 7. The zero-order valence-electron chi connectivity index (χ0n) is 16.9. The van der Waals surface area contributed by atoms with Gasteiger partial charge in [0.1, 0.15) is 10.8 Å². The lowest BCUT2D eigenvalue weighted by Gasteiger charge is -2.25. The predicted octanol–water partition coefficient (Wildman–Crippen LogP) is 3.58. The van der Waals surface area contributed by atoms with Crippen LogP contribution in [0.25, 0.3) is 10.6 Å². The van der Waals surface area contributed by atoms with Gasteiger partial charge in [0.2, 0.25) is 10.0 Å². The summed E-state index contributed by atoms with van der Waals surface area (Å²) in [6.45, 7) is 0.679. The average molecular weight is 447 g/mol. The maximum Gasteiger partial charge on any atom is 0.243 e. The van der Waals surface area contributed by atoms with Crippen molar-refractivity contribution in [2.45, 2.75) is 17.9 Å². The van der Waals surface area contributed by atoms with Crippen molar-refractivity contribution < 1.29 is 22.6 Å². The molecule has 30 heavy (non-hydrogen) atoms. The van der Waals surface area contributed by atoms with Gasteiger partial charge in [-0.05, 0) is 24.3 Å². The molecule has 2 heterocycles. The number of hydrogen-bond donors (Lipinski definition) is 0. The Morgan fingerprint density at radius 3 is 2.53 bits per heavy atom. The van der Waals surface area contributed by atoms with E-state index in [1.54, 1.807) is 19.2 Å². The van der Waals surface area contributed by atoms with Crippen molar-refractivity contribution in [3.63, 3.8) is 0 Å². The molecular formula is C21H22N2O5S2. The van der Waals surface area contributed by atoms with E-state index >= 15 is 0 Å². The topological polar surface area (TPSA) is 78.0 Å². The maximum atomic E-state index is 13.2. The van der Waals surface area contributed by atoms with Gasteiger partial charge in [-0.2, -0.15) is 4.31 Å². The second-order valence-corrected chi connectivity index (χ2v) is 9.75. The Bertz CT molecular complexity index is 1170. The second kappa shape index (κ2) is 8.25. The number of nitrogens with zero attached hydrogens (tertiary/aromatic N) is 2. The van der Waals surface area contributed by atoms with Gasteiger partial charge in [0, 0.05) is 29.5 Å². The van der Waals surface area contributed by atoms with Crippen molar-refractivity contribution in [2.24, 2.45) is 0 Å². The van der Waals surface area contributed by atoms with E-state index in [4.69, 9.17) is 19.2 Å². The van der Waals surface area contributed by atoms with Crippen LogP contribution in [-0.4, -0.2) is 45.6 Å². The quantitative estimate of drug-likeness (QED) is 0.576. The Morgan fingerprint density at radius 1 is 1.00 bits per heavy atom. The van der Waals surface area contributed by atoms with Crippen LogP contribution < -0.4 is 14.2 Å². The van der Waals surface area contributed by atoms with Gasteiger partial charge in [-0.1, -0.05) is 12.1 Å². The Kier molecular flexibility index (Phi) is 5.68. The number of sulfonamides is 1. The molecule has 4 rings (SSSR count). The second-order valence-electron chi connectivity index (χ2n) is 6.73. The summed E-state index contributed by atoms with van der Waals surface area (Å²) in [4.78, 5) is 5.88. The highest BCUT2D eigenvalue weighted by Gasteiger charge is 2.31. The molecule has 1 aromatic heterocycles. The molecule has 158 valence electrons. The van der Waals surface area contributed by atoms with Crippen molar-refractivity contribution in [1.82, 2.24) is 9.29 Å². The van der Waals surface area contributed by atoms with Crippen LogP contribution in [0.1, 0.15) is 10.6 Å². The highest BCUT2D eigenvalue weighted by atomic mass is 32.2. The van der Waals surface area contributed by atoms with Crippen LogP contribution in [0.5, 0.6) is 17.2 Å². The average Bonchev–Trinajstić information content (AvgIpc) is 3.22. The summed E-state index contributed by atoms with van der Waals surface area (Å²) in [6, 6.07) is 12.4. The van der Waals surface area contributed by atoms with Gasteiger partial charge in [-0.15, -0.1) is 11.3 Å². The molecule has 7 nitrogen and oxygen atoms in total. The van der Waals surface area contributed by atoms with Gasteiger partial charge in [-0.25, -0.2) is 13.4 Å². The summed E-state index contributed by atoms with van der Waals surface area (Å²) in [5.41, 5.74) is 1.92. The monoisotopic (exact) mass is 446 g/mol. The van der Waals surface area contributed by atoms with E-state index < -0.39 is 10.0 Å². The van der Waals surface area contributed by atoms with Crippen LogP contribution in [0.15, 0.2) is 47.4 Å². The molecule has 0 saturated carbocycles. The molecule has 3 aromatic rings. The van der Waals surface area contributed by atoms with Gasteiger partial charge in [0.05, 0.1) is 38.5 Å². The minimum Gasteiger partial charge on any atom is -0.497 e. The summed E-state index contributed by atoms with van der Waals surface area (Å²) in [6.07, 6.45) is 0.572. The maximum absolute atomic E-state index is 13.2. The lowest BCUT2D eigenvalue weighted by molar-refractivity contribution is 0.353. The third kappa shape index (κ3) is 3.76. The first kappa shape index (κ1) is 20.6. The zero-order chi connectivity index (χ0) is 21.3. The van der Waals surface area contributed by atoms with Crippen molar-refractivity contribution >= 4 is 21.4 Å². The molecular weight excluding hydrogens is 424 g/mol. The number of rotatable bonds is 6. The minimum absolute atomic E-state index is 0.182. The van der Waals surface area contributed by atoms with Crippen molar-refractivity contribution in [1.29, 1.82) is 0 Å². The summed E-state index contributed by atoms with van der Waals surface area (Å²) < 4.78 is 43.7. The third-order valence-electron chi connectivity index (χ3n) is 5.01. The van der Waals surface area contributed by atoms with Gasteiger partial charge in [-0.3, -0.25) is 0 Å². The van der Waals surface area contributed by atoms with Crippen molar-refractivity contribution in [3.8, 4) is 27.8 Å². The van der Waals surface area contributed by atoms with E-state index in [2.05, 4.69) is 0 Å². The van der Waals surface area contributed by atoms with Gasteiger partial charge in [0.15, 0.2) is 11.5 Å². The largest absolute Gasteiger partial charge is 0.497 e. The molecule has 0 atom stereocenters. The molecule has 1 aliphatic rings. The van der Waals surface area contributed by atoms with E-state index in [0.29, 0.717) is 31.0 Å². The molecule has 0 spiro atoms. The lowest BCUT2D eigenvalue weighted by atomic mass is 10.2. The van der Waals surface area contributed by atoms with E-state index in [-0.39, 0.29) is 4.90 Å². The predicted molar refractivity (Wildman–Crippen MR) is 115 cm³/mol. The molecule has 0 aliphatic carbocycles. The first-order valence-electron chi connectivity index (χ1n) is 9.31. The van der Waals surface area contributed by atoms with Crippen LogP contribution in [0.2, 0.25) is 0 Å². The fourth-order valence-corrected chi connectivity index (χ4v) is 6.01. The first-order valence-corrected chi connectivity index (χ1v) is 11.6. The van der Waals surface area contributed by atoms with Gasteiger partial charge in [0.25, 0.3) is 0 Å². The number of fused-ring (bicyclic) bond motifs is 1. The SMILES string of the molecule is COc1cccc(-c2nc3c(s2)CN(S(=O)(=O)c2ccc(OC)c(OC)c2)CC3)c1. The summed E-state index contributed by atoms with van der Waals surface area (Å²) in [5, 5.41) is 0.865. The molecule has 0 radical (unpaired) electrons. The molecule has 0 bridgehead atoms. The van der Waals surface area contributed by atoms with Gasteiger partial charge >= 0.3 is 0 Å².